The molecular formula is C14H19ClFN3O. The zero-order valence-corrected chi connectivity index (χ0v) is 12.2. The summed E-state index contributed by atoms with van der Waals surface area (Å²) in [5.74, 6) is 0.853. The number of alkyl halides is 1. The fourth-order valence-corrected chi connectivity index (χ4v) is 2.38. The van der Waals surface area contributed by atoms with Crippen molar-refractivity contribution in [1.29, 1.82) is 0 Å². The van der Waals surface area contributed by atoms with Crippen LogP contribution in [-0.2, 0) is 0 Å². The van der Waals surface area contributed by atoms with Gasteiger partial charge in [0.15, 0.2) is 5.96 Å². The number of nitrogens with two attached hydrogens (primary N) is 1. The molecule has 1 aromatic rings. The summed E-state index contributed by atoms with van der Waals surface area (Å²) < 4.78 is 18.8. The summed E-state index contributed by atoms with van der Waals surface area (Å²) in [5, 5.41) is 3.41. The van der Waals surface area contributed by atoms with Gasteiger partial charge in [0.05, 0.1) is 12.1 Å². The Labute approximate surface area is 123 Å². The number of halogens is 2. The second-order valence-corrected chi connectivity index (χ2v) is 5.40. The van der Waals surface area contributed by atoms with Gasteiger partial charge >= 0.3 is 0 Å². The molecule has 1 fully saturated rings. The van der Waals surface area contributed by atoms with Gasteiger partial charge in [-0.25, -0.2) is 4.39 Å². The van der Waals surface area contributed by atoms with Crippen LogP contribution in [0.3, 0.4) is 0 Å². The number of aliphatic imine (C=N–C) groups is 1. The van der Waals surface area contributed by atoms with Crippen LogP contribution in [0, 0.1) is 0 Å². The average molecular weight is 300 g/mol. The van der Waals surface area contributed by atoms with E-state index in [1.54, 1.807) is 25.3 Å². The first-order chi connectivity index (χ1) is 9.52. The van der Waals surface area contributed by atoms with Crippen molar-refractivity contribution in [2.75, 3.05) is 19.0 Å². The molecule has 2 rings (SSSR count). The lowest BCUT2D eigenvalue weighted by atomic mass is 9.80. The van der Waals surface area contributed by atoms with Crippen LogP contribution >= 0.6 is 11.6 Å². The van der Waals surface area contributed by atoms with Gasteiger partial charge in [-0.3, -0.25) is 4.99 Å². The summed E-state index contributed by atoms with van der Waals surface area (Å²) in [5.41, 5.74) is 5.45. The first-order valence-electron chi connectivity index (χ1n) is 6.62. The highest BCUT2D eigenvalue weighted by Gasteiger charge is 2.36. The van der Waals surface area contributed by atoms with E-state index in [9.17, 15) is 4.39 Å². The van der Waals surface area contributed by atoms with Crippen molar-refractivity contribution in [1.82, 2.24) is 0 Å². The Morgan fingerprint density at radius 3 is 2.85 bits per heavy atom. The van der Waals surface area contributed by atoms with Crippen LogP contribution in [0.4, 0.5) is 10.1 Å². The van der Waals surface area contributed by atoms with Crippen molar-refractivity contribution in [3.05, 3.63) is 23.2 Å². The lowest BCUT2D eigenvalue weighted by Gasteiger charge is -2.33. The number of benzene rings is 1. The van der Waals surface area contributed by atoms with Crippen LogP contribution in [0.1, 0.15) is 25.7 Å². The Morgan fingerprint density at radius 1 is 1.55 bits per heavy atom. The third-order valence-corrected chi connectivity index (χ3v) is 3.81. The molecule has 0 atom stereocenters. The Kier molecular flexibility index (Phi) is 4.70. The molecule has 1 saturated carbocycles. The summed E-state index contributed by atoms with van der Waals surface area (Å²) in [4.78, 5) is 4.13. The van der Waals surface area contributed by atoms with Gasteiger partial charge in [-0.2, -0.15) is 0 Å². The van der Waals surface area contributed by atoms with Crippen molar-refractivity contribution in [2.24, 2.45) is 10.7 Å². The van der Waals surface area contributed by atoms with E-state index in [0.29, 0.717) is 36.6 Å². The molecule has 0 spiro atoms. The summed E-state index contributed by atoms with van der Waals surface area (Å²) >= 11 is 6.01. The highest BCUT2D eigenvalue weighted by molar-refractivity contribution is 6.32. The molecule has 6 heteroatoms. The molecule has 110 valence electrons. The minimum atomic E-state index is -1.02. The van der Waals surface area contributed by atoms with Gasteiger partial charge in [0, 0.05) is 18.7 Å². The molecule has 4 nitrogen and oxygen atoms in total. The molecule has 20 heavy (non-hydrogen) atoms. The fourth-order valence-electron chi connectivity index (χ4n) is 2.12. The molecule has 1 aromatic carbocycles. The predicted molar refractivity (Wildman–Crippen MR) is 80.4 cm³/mol. The van der Waals surface area contributed by atoms with Crippen LogP contribution in [-0.4, -0.2) is 25.3 Å². The number of methoxy groups -OCH3 is 1. The molecule has 0 heterocycles. The van der Waals surface area contributed by atoms with E-state index in [4.69, 9.17) is 22.1 Å². The van der Waals surface area contributed by atoms with Gasteiger partial charge in [-0.15, -0.1) is 0 Å². The molecular weight excluding hydrogens is 281 g/mol. The van der Waals surface area contributed by atoms with E-state index in [-0.39, 0.29) is 5.96 Å². The third-order valence-electron chi connectivity index (χ3n) is 3.52. The van der Waals surface area contributed by atoms with E-state index < -0.39 is 5.67 Å². The molecule has 0 bridgehead atoms. The second kappa shape index (κ2) is 6.31. The topological polar surface area (TPSA) is 59.6 Å². The standard InChI is InChI=1S/C14H19ClFN3O/c1-20-12-4-3-10(9-11(12)15)19-13(17)18-8-7-14(16)5-2-6-14/h3-4,9H,2,5-8H2,1H3,(H3,17,18,19). The number of nitrogens with one attached hydrogen (secondary N) is 1. The molecule has 0 radical (unpaired) electrons. The number of ether oxygens (including phenoxy) is 1. The zero-order valence-electron chi connectivity index (χ0n) is 11.5. The van der Waals surface area contributed by atoms with Gasteiger partial charge in [0.1, 0.15) is 11.4 Å². The Balaban J connectivity index is 1.86. The Hall–Kier alpha value is -1.49. The molecule has 0 aromatic heterocycles. The van der Waals surface area contributed by atoms with Crippen molar-refractivity contribution < 1.29 is 9.13 Å². The molecule has 0 amide bonds. The van der Waals surface area contributed by atoms with Gasteiger partial charge < -0.3 is 15.8 Å². The smallest absolute Gasteiger partial charge is 0.193 e. The van der Waals surface area contributed by atoms with Gasteiger partial charge in [-0.05, 0) is 37.5 Å². The van der Waals surface area contributed by atoms with E-state index in [1.165, 1.54) is 0 Å². The van der Waals surface area contributed by atoms with Crippen LogP contribution in [0.5, 0.6) is 5.75 Å². The second-order valence-electron chi connectivity index (χ2n) is 5.00. The third kappa shape index (κ3) is 3.76. The van der Waals surface area contributed by atoms with Crippen molar-refractivity contribution in [2.45, 2.75) is 31.4 Å². The number of hydrogen-bond donors (Lipinski definition) is 2. The monoisotopic (exact) mass is 299 g/mol. The Bertz CT molecular complexity index is 503. The Morgan fingerprint density at radius 2 is 2.30 bits per heavy atom. The van der Waals surface area contributed by atoms with Crippen LogP contribution in [0.25, 0.3) is 0 Å². The first-order valence-corrected chi connectivity index (χ1v) is 7.00. The maximum atomic E-state index is 13.8. The lowest BCUT2D eigenvalue weighted by molar-refractivity contribution is 0.0568. The zero-order chi connectivity index (χ0) is 14.6. The largest absolute Gasteiger partial charge is 0.495 e. The highest BCUT2D eigenvalue weighted by atomic mass is 35.5. The van der Waals surface area contributed by atoms with Crippen LogP contribution in [0.2, 0.25) is 5.02 Å². The van der Waals surface area contributed by atoms with Crippen LogP contribution in [0.15, 0.2) is 23.2 Å². The maximum absolute atomic E-state index is 13.8. The van der Waals surface area contributed by atoms with E-state index in [0.717, 1.165) is 12.1 Å². The summed E-state index contributed by atoms with van der Waals surface area (Å²) in [6.07, 6.45) is 2.69. The number of anilines is 1. The van der Waals surface area contributed by atoms with Gasteiger partial charge in [-0.1, -0.05) is 11.6 Å². The lowest BCUT2D eigenvalue weighted by Crippen LogP contribution is -2.33. The van der Waals surface area contributed by atoms with Gasteiger partial charge in [0.25, 0.3) is 0 Å². The first kappa shape index (κ1) is 14.9. The molecule has 1 aliphatic carbocycles. The summed E-state index contributed by atoms with van der Waals surface area (Å²) in [7, 11) is 1.55. The molecule has 0 unspecified atom stereocenters. The number of nitrogens with zero attached hydrogens (tertiary/aromatic N) is 1. The quantitative estimate of drug-likeness (QED) is 0.647. The minimum Gasteiger partial charge on any atom is -0.495 e. The van der Waals surface area contributed by atoms with Crippen molar-refractivity contribution >= 4 is 23.2 Å². The van der Waals surface area contributed by atoms with Crippen LogP contribution < -0.4 is 15.8 Å². The van der Waals surface area contributed by atoms with E-state index in [1.807, 2.05) is 0 Å². The molecule has 0 aliphatic heterocycles. The number of rotatable bonds is 5. The molecule has 3 N–H and O–H groups in total. The summed E-state index contributed by atoms with van der Waals surface area (Å²) in [6.45, 7) is 0.388. The highest BCUT2D eigenvalue weighted by Crippen LogP contribution is 2.38. The van der Waals surface area contributed by atoms with Gasteiger partial charge in [0.2, 0.25) is 0 Å². The van der Waals surface area contributed by atoms with Crippen molar-refractivity contribution in [3.63, 3.8) is 0 Å². The average Bonchev–Trinajstić information content (AvgIpc) is 2.37. The predicted octanol–water partition coefficient (Wildman–Crippen LogP) is 3.36. The normalized spacial score (nSPS) is 17.4. The maximum Gasteiger partial charge on any atom is 0.193 e. The summed E-state index contributed by atoms with van der Waals surface area (Å²) in [6, 6.07) is 5.23. The van der Waals surface area contributed by atoms with E-state index in [2.05, 4.69) is 10.3 Å². The van der Waals surface area contributed by atoms with Crippen molar-refractivity contribution in [3.8, 4) is 5.75 Å². The molecule has 0 saturated heterocycles. The van der Waals surface area contributed by atoms with E-state index >= 15 is 0 Å². The minimum absolute atomic E-state index is 0.258. The fraction of sp³-hybridized carbons (Fsp3) is 0.500. The number of guanidine groups is 1. The SMILES string of the molecule is COc1ccc(NC(N)=NCCC2(F)CCC2)cc1Cl. The number of hydrogen-bond acceptors (Lipinski definition) is 2. The molecule has 1 aliphatic rings.